The van der Waals surface area contributed by atoms with Crippen LogP contribution in [0.5, 0.6) is 0 Å². The van der Waals surface area contributed by atoms with Gasteiger partial charge in [0, 0.05) is 32.7 Å². The van der Waals surface area contributed by atoms with Crippen molar-refractivity contribution in [2.24, 2.45) is 0 Å². The first-order valence-corrected chi connectivity index (χ1v) is 30.8. The van der Waals surface area contributed by atoms with Crippen molar-refractivity contribution in [3.8, 4) is 45.3 Å². The van der Waals surface area contributed by atoms with E-state index in [1.807, 2.05) is 12.1 Å². The van der Waals surface area contributed by atoms with Gasteiger partial charge in [-0.2, -0.15) is 0 Å². The van der Waals surface area contributed by atoms with Crippen molar-refractivity contribution in [2.45, 2.75) is 0 Å². The van der Waals surface area contributed by atoms with Gasteiger partial charge < -0.3 is 0 Å². The molecule has 0 N–H and O–H groups in total. The summed E-state index contributed by atoms with van der Waals surface area (Å²) in [5, 5.41) is 24.1. The molecule has 0 amide bonds. The Morgan fingerprint density at radius 2 is 0.611 bits per heavy atom. The van der Waals surface area contributed by atoms with Crippen LogP contribution in [0.1, 0.15) is 0 Å². The summed E-state index contributed by atoms with van der Waals surface area (Å²) in [5.41, 5.74) is 13.4. The Bertz CT molecular complexity index is 6540. The van der Waals surface area contributed by atoms with Crippen molar-refractivity contribution >= 4 is 152 Å². The Labute approximate surface area is 514 Å². The van der Waals surface area contributed by atoms with E-state index in [4.69, 9.17) is 19.9 Å². The molecule has 90 heavy (non-hydrogen) atoms. The molecular weight excluding hydrogens is 1090 g/mol. The molecule has 0 atom stereocenters. The maximum atomic E-state index is 5.77. The lowest BCUT2D eigenvalue weighted by molar-refractivity contribution is 1.08. The highest BCUT2D eigenvalue weighted by molar-refractivity contribution is 6.31. The predicted octanol–water partition coefficient (Wildman–Crippen LogP) is 22.0. The van der Waals surface area contributed by atoms with E-state index in [-0.39, 0.29) is 0 Å². The predicted molar refractivity (Wildman–Crippen MR) is 378 cm³/mol. The summed E-state index contributed by atoms with van der Waals surface area (Å²) < 4.78 is 4.70. The molecule has 0 aliphatic heterocycles. The topological polar surface area (TPSA) is 61.4 Å². The molecule has 16 aromatic carbocycles. The summed E-state index contributed by atoms with van der Waals surface area (Å²) in [6.45, 7) is 0. The molecule has 0 saturated heterocycles. The quantitative estimate of drug-likeness (QED) is 0.161. The minimum atomic E-state index is 0.784. The fraction of sp³-hybridized carbons (Fsp3) is 0. The second-order valence-electron chi connectivity index (χ2n) is 24.0. The monoisotopic (exact) mass is 1140 g/mol. The second-order valence-corrected chi connectivity index (χ2v) is 24.0. The van der Waals surface area contributed by atoms with E-state index in [1.165, 1.54) is 86.2 Å². The van der Waals surface area contributed by atoms with Crippen LogP contribution in [0.25, 0.3) is 197 Å². The van der Waals surface area contributed by atoms with Crippen LogP contribution in [-0.2, 0) is 0 Å². The summed E-state index contributed by atoms with van der Waals surface area (Å²) in [7, 11) is 0. The third kappa shape index (κ3) is 7.04. The number of benzene rings is 16. The van der Waals surface area contributed by atoms with Crippen LogP contribution in [0.4, 0.5) is 0 Å². The van der Waals surface area contributed by atoms with Crippen LogP contribution in [0.3, 0.4) is 0 Å². The lowest BCUT2D eigenvalue weighted by Gasteiger charge is -2.16. The summed E-state index contributed by atoms with van der Waals surface area (Å²) in [6.07, 6.45) is 0. The molecule has 414 valence electrons. The zero-order valence-electron chi connectivity index (χ0n) is 48.4. The lowest BCUT2D eigenvalue weighted by Crippen LogP contribution is -2.04. The number of hydrogen-bond donors (Lipinski definition) is 0. The number of nitrogens with zero attached hydrogens (tertiary/aromatic N) is 6. The third-order valence-electron chi connectivity index (χ3n) is 19.2. The molecule has 0 radical (unpaired) electrons. The molecule has 0 aliphatic rings. The average Bonchev–Trinajstić information content (AvgIpc) is 1.57. The Morgan fingerprint density at radius 3 is 1.24 bits per heavy atom. The van der Waals surface area contributed by atoms with Crippen molar-refractivity contribution in [3.05, 3.63) is 291 Å². The van der Waals surface area contributed by atoms with Crippen molar-refractivity contribution in [1.82, 2.24) is 29.1 Å². The maximum Gasteiger partial charge on any atom is 0.165 e. The van der Waals surface area contributed by atoms with Gasteiger partial charge in [-0.25, -0.2) is 19.9 Å². The number of rotatable bonds is 5. The molecule has 4 heterocycles. The number of para-hydroxylation sites is 4. The first-order chi connectivity index (χ1) is 44.6. The normalized spacial score (nSPS) is 12.2. The van der Waals surface area contributed by atoms with Gasteiger partial charge in [0.15, 0.2) is 11.6 Å². The highest BCUT2D eigenvalue weighted by atomic mass is 15.1. The van der Waals surface area contributed by atoms with E-state index in [2.05, 4.69) is 288 Å². The highest BCUT2D eigenvalue weighted by Gasteiger charge is 2.25. The zero-order chi connectivity index (χ0) is 58.7. The molecule has 0 saturated carbocycles. The molecule has 6 nitrogen and oxygen atoms in total. The van der Waals surface area contributed by atoms with Gasteiger partial charge >= 0.3 is 0 Å². The fourth-order valence-electron chi connectivity index (χ4n) is 15.2. The lowest BCUT2D eigenvalue weighted by atomic mass is 9.94. The SMILES string of the molecule is c1cc(-c2ccc3nc(-n4c5ccccc5c5c6ccc7ccc8ccccc8c7c6ccc54)c(-c4cccc5ccccc45)nc3c2)c2ccc(-c3nc4ccccc4nc3-n3c4ccccc4c4c5ccc6ccc7ccccc7c6c5ccc43)cc2c1. The van der Waals surface area contributed by atoms with Crippen LogP contribution < -0.4 is 0 Å². The fourth-order valence-corrected chi connectivity index (χ4v) is 15.2. The number of aromatic nitrogens is 6. The zero-order valence-corrected chi connectivity index (χ0v) is 48.4. The van der Waals surface area contributed by atoms with Crippen LogP contribution in [0, 0.1) is 0 Å². The Balaban J connectivity index is 0.762. The minimum Gasteiger partial charge on any atom is -0.292 e. The molecular formula is C84H48N6. The van der Waals surface area contributed by atoms with Gasteiger partial charge in [-0.3, -0.25) is 9.13 Å². The smallest absolute Gasteiger partial charge is 0.165 e. The largest absolute Gasteiger partial charge is 0.292 e. The van der Waals surface area contributed by atoms with Crippen molar-refractivity contribution in [3.63, 3.8) is 0 Å². The van der Waals surface area contributed by atoms with E-state index in [9.17, 15) is 0 Å². The summed E-state index contributed by atoms with van der Waals surface area (Å²) >= 11 is 0. The number of fused-ring (bicyclic) bond motifs is 22. The molecule has 6 heteroatoms. The van der Waals surface area contributed by atoms with E-state index < -0.39 is 0 Å². The third-order valence-corrected chi connectivity index (χ3v) is 19.2. The van der Waals surface area contributed by atoms with Gasteiger partial charge in [-0.1, -0.05) is 237 Å². The Morgan fingerprint density at radius 1 is 0.200 bits per heavy atom. The van der Waals surface area contributed by atoms with E-state index in [0.29, 0.717) is 0 Å². The van der Waals surface area contributed by atoms with Crippen molar-refractivity contribution in [2.75, 3.05) is 0 Å². The van der Waals surface area contributed by atoms with Gasteiger partial charge in [-0.05, 0) is 152 Å². The Kier molecular flexibility index (Phi) is 10.2. The molecule has 20 rings (SSSR count). The van der Waals surface area contributed by atoms with Crippen LogP contribution in [0.15, 0.2) is 291 Å². The van der Waals surface area contributed by atoms with Gasteiger partial charge in [0.2, 0.25) is 0 Å². The van der Waals surface area contributed by atoms with Crippen LogP contribution >= 0.6 is 0 Å². The van der Waals surface area contributed by atoms with Crippen LogP contribution in [-0.4, -0.2) is 29.1 Å². The van der Waals surface area contributed by atoms with E-state index in [0.717, 1.165) is 111 Å². The minimum absolute atomic E-state index is 0.784. The second kappa shape index (κ2) is 18.7. The van der Waals surface area contributed by atoms with Gasteiger partial charge in [0.1, 0.15) is 11.4 Å². The first kappa shape index (κ1) is 49.0. The number of hydrogen-bond acceptors (Lipinski definition) is 4. The van der Waals surface area contributed by atoms with Gasteiger partial charge in [-0.15, -0.1) is 0 Å². The highest BCUT2D eigenvalue weighted by Crippen LogP contribution is 2.46. The maximum absolute atomic E-state index is 5.77. The summed E-state index contributed by atoms with van der Waals surface area (Å²) in [6, 6.07) is 106. The Hall–Kier alpha value is -12.1. The van der Waals surface area contributed by atoms with Crippen LogP contribution in [0.2, 0.25) is 0 Å². The van der Waals surface area contributed by atoms with Gasteiger partial charge in [0.05, 0.1) is 44.1 Å². The molecule has 0 unspecified atom stereocenters. The van der Waals surface area contributed by atoms with E-state index >= 15 is 0 Å². The molecule has 0 bridgehead atoms. The molecule has 0 fully saturated rings. The molecule has 0 aliphatic carbocycles. The van der Waals surface area contributed by atoms with E-state index in [1.54, 1.807) is 0 Å². The average molecular weight is 1140 g/mol. The molecule has 20 aromatic rings. The van der Waals surface area contributed by atoms with Crippen molar-refractivity contribution in [1.29, 1.82) is 0 Å². The first-order valence-electron chi connectivity index (χ1n) is 30.8. The molecule has 4 aromatic heterocycles. The summed E-state index contributed by atoms with van der Waals surface area (Å²) in [5.74, 6) is 1.57. The molecule has 0 spiro atoms. The standard InChI is InChI=1S/C84H48N6/c1-4-20-57-49(15-1)18-13-26-66(57)82-84(90-74-30-12-8-24-68(74)80-65-41-36-53-34-32-51-17-3-6-22-61(51)78(53)63(65)43-46-76(80)90)88-71-44-38-55(48-72(71)86-82)58-25-14-19-54-47-56(37-39-59(54)58)81-83(87-70-28-10-9-27-69(70)85-81)89-73-29-11-7-23-67(73)79-64-40-35-52-33-31-50-16-2-5-21-60(50)77(52)62(64)42-45-75(79)89/h1-48H. The van der Waals surface area contributed by atoms with Gasteiger partial charge in [0.25, 0.3) is 0 Å². The van der Waals surface area contributed by atoms with Crippen molar-refractivity contribution < 1.29 is 0 Å². The summed E-state index contributed by atoms with van der Waals surface area (Å²) in [4.78, 5) is 22.6.